The molecule has 0 radical (unpaired) electrons. The number of aromatic nitrogens is 1. The van der Waals surface area contributed by atoms with Crippen LogP contribution >= 0.6 is 0 Å². The molecule has 80 valence electrons. The molecule has 0 bridgehead atoms. The van der Waals surface area contributed by atoms with Gasteiger partial charge in [0.2, 0.25) is 0 Å². The van der Waals surface area contributed by atoms with Crippen molar-refractivity contribution < 1.29 is 9.47 Å². The molecule has 0 spiro atoms. The number of nitrogens with zero attached hydrogens (tertiary/aromatic N) is 1. The smallest absolute Gasteiger partial charge is 0.121 e. The quantitative estimate of drug-likeness (QED) is 0.659. The van der Waals surface area contributed by atoms with Gasteiger partial charge in [-0.2, -0.15) is 0 Å². The topological polar surface area (TPSA) is 35.4 Å². The average Bonchev–Trinajstić information content (AvgIpc) is 2.61. The fourth-order valence-electron chi connectivity index (χ4n) is 1.23. The molecular weight excluding hydrogens is 180 g/mol. The van der Waals surface area contributed by atoms with Gasteiger partial charge in [0, 0.05) is 39.7 Å². The van der Waals surface area contributed by atoms with Gasteiger partial charge in [0.25, 0.3) is 0 Å². The Bertz CT molecular complexity index is 248. The van der Waals surface area contributed by atoms with Crippen LogP contribution in [0, 0.1) is 0 Å². The van der Waals surface area contributed by atoms with Crippen LogP contribution in [0.2, 0.25) is 0 Å². The first-order chi connectivity index (χ1) is 6.86. The van der Waals surface area contributed by atoms with Crippen molar-refractivity contribution >= 4 is 0 Å². The van der Waals surface area contributed by atoms with Gasteiger partial charge >= 0.3 is 0 Å². The molecule has 0 unspecified atom stereocenters. The van der Waals surface area contributed by atoms with Gasteiger partial charge in [0.1, 0.15) is 6.73 Å². The van der Waals surface area contributed by atoms with Gasteiger partial charge in [-0.15, -0.1) is 0 Å². The molecule has 0 aliphatic rings. The number of rotatable bonds is 7. The number of methoxy groups -OCH3 is 2. The molecule has 4 nitrogen and oxygen atoms in total. The van der Waals surface area contributed by atoms with Crippen LogP contribution in [0.15, 0.2) is 18.5 Å². The first-order valence-electron chi connectivity index (χ1n) is 4.70. The van der Waals surface area contributed by atoms with E-state index in [-0.39, 0.29) is 0 Å². The van der Waals surface area contributed by atoms with E-state index in [1.165, 1.54) is 5.56 Å². The van der Waals surface area contributed by atoms with Crippen molar-refractivity contribution in [1.29, 1.82) is 0 Å². The molecule has 1 heterocycles. The second kappa shape index (κ2) is 6.59. The van der Waals surface area contributed by atoms with E-state index in [4.69, 9.17) is 9.47 Å². The zero-order valence-electron chi connectivity index (χ0n) is 8.82. The molecule has 0 fully saturated rings. The molecule has 0 aromatic carbocycles. The summed E-state index contributed by atoms with van der Waals surface area (Å²) in [4.78, 5) is 0. The van der Waals surface area contributed by atoms with Gasteiger partial charge in [0.15, 0.2) is 0 Å². The van der Waals surface area contributed by atoms with Gasteiger partial charge in [-0.1, -0.05) is 0 Å². The Morgan fingerprint density at radius 2 is 2.21 bits per heavy atom. The van der Waals surface area contributed by atoms with Crippen molar-refractivity contribution in [3.8, 4) is 0 Å². The lowest BCUT2D eigenvalue weighted by Gasteiger charge is -2.02. The zero-order valence-corrected chi connectivity index (χ0v) is 8.82. The Morgan fingerprint density at radius 3 is 2.93 bits per heavy atom. The van der Waals surface area contributed by atoms with Crippen molar-refractivity contribution in [3.63, 3.8) is 0 Å². The summed E-state index contributed by atoms with van der Waals surface area (Å²) in [7, 11) is 3.40. The summed E-state index contributed by atoms with van der Waals surface area (Å²) in [5.74, 6) is 0. The van der Waals surface area contributed by atoms with E-state index in [9.17, 15) is 0 Å². The largest absolute Gasteiger partial charge is 0.383 e. The van der Waals surface area contributed by atoms with E-state index in [1.54, 1.807) is 14.2 Å². The summed E-state index contributed by atoms with van der Waals surface area (Å²) in [6.45, 7) is 3.11. The van der Waals surface area contributed by atoms with E-state index < -0.39 is 0 Å². The number of nitrogens with one attached hydrogen (secondary N) is 1. The van der Waals surface area contributed by atoms with Crippen molar-refractivity contribution in [2.24, 2.45) is 0 Å². The van der Waals surface area contributed by atoms with Gasteiger partial charge in [0.05, 0.1) is 6.61 Å². The van der Waals surface area contributed by atoms with Gasteiger partial charge < -0.3 is 19.4 Å². The summed E-state index contributed by atoms with van der Waals surface area (Å²) >= 11 is 0. The molecule has 0 amide bonds. The third-order valence-electron chi connectivity index (χ3n) is 1.90. The molecule has 0 saturated heterocycles. The summed E-state index contributed by atoms with van der Waals surface area (Å²) in [5, 5.41) is 3.28. The second-order valence-electron chi connectivity index (χ2n) is 3.12. The number of hydrogen-bond donors (Lipinski definition) is 1. The molecule has 1 rings (SSSR count). The molecule has 1 aromatic rings. The molecule has 0 saturated carbocycles. The van der Waals surface area contributed by atoms with E-state index in [1.807, 2.05) is 10.8 Å². The monoisotopic (exact) mass is 198 g/mol. The van der Waals surface area contributed by atoms with Crippen LogP contribution < -0.4 is 5.32 Å². The fourth-order valence-corrected chi connectivity index (χ4v) is 1.23. The maximum Gasteiger partial charge on any atom is 0.121 e. The van der Waals surface area contributed by atoms with E-state index >= 15 is 0 Å². The van der Waals surface area contributed by atoms with Crippen LogP contribution in [0.1, 0.15) is 5.56 Å². The normalized spacial score (nSPS) is 10.7. The number of ether oxygens (including phenoxy) is 2. The van der Waals surface area contributed by atoms with E-state index in [0.717, 1.165) is 19.7 Å². The van der Waals surface area contributed by atoms with Crippen LogP contribution in [0.3, 0.4) is 0 Å². The standard InChI is InChI=1S/C10H18N2O2/c1-13-6-4-11-7-10-3-5-12(8-10)9-14-2/h3,5,8,11H,4,6-7,9H2,1-2H3. The van der Waals surface area contributed by atoms with Crippen LogP contribution in [-0.2, 0) is 22.7 Å². The van der Waals surface area contributed by atoms with Crippen LogP contribution in [0.4, 0.5) is 0 Å². The van der Waals surface area contributed by atoms with Gasteiger partial charge in [-0.3, -0.25) is 0 Å². The minimum absolute atomic E-state index is 0.609. The molecule has 0 aliphatic carbocycles. The lowest BCUT2D eigenvalue weighted by Crippen LogP contribution is -2.18. The fraction of sp³-hybridized carbons (Fsp3) is 0.600. The Balaban J connectivity index is 2.22. The van der Waals surface area contributed by atoms with Crippen LogP contribution in [-0.4, -0.2) is 31.9 Å². The third-order valence-corrected chi connectivity index (χ3v) is 1.90. The maximum atomic E-state index is 5.01. The molecule has 4 heteroatoms. The Hall–Kier alpha value is -0.840. The molecule has 14 heavy (non-hydrogen) atoms. The predicted molar refractivity (Wildman–Crippen MR) is 55.0 cm³/mol. The lowest BCUT2D eigenvalue weighted by molar-refractivity contribution is 0.131. The van der Waals surface area contributed by atoms with Crippen molar-refractivity contribution in [2.45, 2.75) is 13.3 Å². The average molecular weight is 198 g/mol. The molecular formula is C10H18N2O2. The highest BCUT2D eigenvalue weighted by atomic mass is 16.5. The first-order valence-corrected chi connectivity index (χ1v) is 4.70. The van der Waals surface area contributed by atoms with Gasteiger partial charge in [-0.25, -0.2) is 0 Å². The summed E-state index contributed by atoms with van der Waals surface area (Å²) in [5.41, 5.74) is 1.26. The Morgan fingerprint density at radius 1 is 1.36 bits per heavy atom. The number of hydrogen-bond acceptors (Lipinski definition) is 3. The highest BCUT2D eigenvalue weighted by Gasteiger charge is 1.95. The molecule has 1 N–H and O–H groups in total. The lowest BCUT2D eigenvalue weighted by atomic mass is 10.3. The Labute approximate surface area is 84.8 Å². The molecule has 1 aromatic heterocycles. The third kappa shape index (κ3) is 3.91. The highest BCUT2D eigenvalue weighted by molar-refractivity contribution is 5.09. The minimum Gasteiger partial charge on any atom is -0.383 e. The predicted octanol–water partition coefficient (Wildman–Crippen LogP) is 0.828. The van der Waals surface area contributed by atoms with Crippen molar-refractivity contribution in [2.75, 3.05) is 27.4 Å². The second-order valence-corrected chi connectivity index (χ2v) is 3.12. The maximum absolute atomic E-state index is 5.01. The minimum atomic E-state index is 0.609. The molecule has 0 aliphatic heterocycles. The van der Waals surface area contributed by atoms with Crippen molar-refractivity contribution in [1.82, 2.24) is 9.88 Å². The van der Waals surface area contributed by atoms with E-state index in [0.29, 0.717) is 6.73 Å². The van der Waals surface area contributed by atoms with Crippen LogP contribution in [0.5, 0.6) is 0 Å². The SMILES string of the molecule is COCCNCc1ccn(COC)c1. The Kier molecular flexibility index (Phi) is 5.29. The van der Waals surface area contributed by atoms with Crippen molar-refractivity contribution in [3.05, 3.63) is 24.0 Å². The molecule has 0 atom stereocenters. The highest BCUT2D eigenvalue weighted by Crippen LogP contribution is 2.00. The summed E-state index contributed by atoms with van der Waals surface area (Å²) in [6, 6.07) is 2.08. The van der Waals surface area contributed by atoms with Gasteiger partial charge in [-0.05, 0) is 11.6 Å². The zero-order chi connectivity index (χ0) is 10.2. The van der Waals surface area contributed by atoms with E-state index in [2.05, 4.69) is 17.6 Å². The summed E-state index contributed by atoms with van der Waals surface area (Å²) in [6.07, 6.45) is 4.08. The summed E-state index contributed by atoms with van der Waals surface area (Å²) < 4.78 is 11.9. The first kappa shape index (κ1) is 11.2. The van der Waals surface area contributed by atoms with Crippen LogP contribution in [0.25, 0.3) is 0 Å².